The number of nitrogens with zero attached hydrogens (tertiary/aromatic N) is 3. The van der Waals surface area contributed by atoms with Crippen molar-refractivity contribution < 1.29 is 19.5 Å². The molecule has 2 fully saturated rings. The highest BCUT2D eigenvalue weighted by Crippen LogP contribution is 2.37. The average Bonchev–Trinajstić information content (AvgIpc) is 2.79. The third-order valence-electron chi connectivity index (χ3n) is 5.00. The molecule has 1 spiro atoms. The molecule has 0 unspecified atom stereocenters. The molecule has 7 nitrogen and oxygen atoms in total. The molecule has 1 aromatic rings. The Hall–Kier alpha value is -2.41. The summed E-state index contributed by atoms with van der Waals surface area (Å²) >= 11 is 0. The summed E-state index contributed by atoms with van der Waals surface area (Å²) in [5.41, 5.74) is 0.0654. The molecule has 2 saturated heterocycles. The number of likely N-dealkylation sites (tertiary alicyclic amines) is 1. The molecule has 0 aliphatic carbocycles. The molecule has 2 aliphatic heterocycles. The summed E-state index contributed by atoms with van der Waals surface area (Å²) < 4.78 is 0. The van der Waals surface area contributed by atoms with Gasteiger partial charge in [-0.25, -0.2) is 4.79 Å². The summed E-state index contributed by atoms with van der Waals surface area (Å²) in [6.07, 6.45) is 0.779. The van der Waals surface area contributed by atoms with Gasteiger partial charge >= 0.3 is 6.03 Å². The monoisotopic (exact) mass is 331 g/mol. The van der Waals surface area contributed by atoms with E-state index in [4.69, 9.17) is 5.11 Å². The van der Waals surface area contributed by atoms with Gasteiger partial charge in [0.05, 0.1) is 0 Å². The van der Waals surface area contributed by atoms with E-state index < -0.39 is 12.1 Å². The van der Waals surface area contributed by atoms with Crippen LogP contribution < -0.4 is 0 Å². The van der Waals surface area contributed by atoms with Crippen LogP contribution in [0.1, 0.15) is 18.4 Å². The lowest BCUT2D eigenvalue weighted by Gasteiger charge is -2.42. The van der Waals surface area contributed by atoms with Gasteiger partial charge in [-0.2, -0.15) is 0 Å². The van der Waals surface area contributed by atoms with E-state index in [-0.39, 0.29) is 17.8 Å². The Morgan fingerprint density at radius 2 is 1.79 bits per heavy atom. The molecule has 1 aromatic carbocycles. The Bertz CT molecular complexity index is 653. The van der Waals surface area contributed by atoms with Crippen molar-refractivity contribution in [2.75, 3.05) is 26.7 Å². The fourth-order valence-electron chi connectivity index (χ4n) is 3.57. The molecule has 24 heavy (non-hydrogen) atoms. The number of likely N-dealkylation sites (N-methyl/N-ethyl adjacent to an activating group) is 1. The third kappa shape index (κ3) is 2.54. The van der Waals surface area contributed by atoms with Gasteiger partial charge in [-0.15, -0.1) is 0 Å². The summed E-state index contributed by atoms with van der Waals surface area (Å²) in [6.45, 7) is 0.548. The molecule has 3 rings (SSSR count). The Balaban J connectivity index is 1.85. The smallest absolute Gasteiger partial charge is 0.327 e. The highest BCUT2D eigenvalue weighted by molar-refractivity contribution is 6.06. The summed E-state index contributed by atoms with van der Waals surface area (Å²) in [4.78, 5) is 41.3. The number of imide groups is 1. The summed E-state index contributed by atoms with van der Waals surface area (Å²) in [7, 11) is 1.50. The van der Waals surface area contributed by atoms with Gasteiger partial charge in [-0.3, -0.25) is 14.5 Å². The number of benzene rings is 1. The number of piperidine rings is 1. The van der Waals surface area contributed by atoms with Crippen molar-refractivity contribution in [3.8, 4) is 0 Å². The Kier molecular flexibility index (Phi) is 4.28. The van der Waals surface area contributed by atoms with Gasteiger partial charge in [0.2, 0.25) is 5.91 Å². The second-order valence-electron chi connectivity index (χ2n) is 6.29. The number of aliphatic hydroxyl groups excluding tert-OH is 1. The summed E-state index contributed by atoms with van der Waals surface area (Å²) in [6, 6.07) is 9.25. The van der Waals surface area contributed by atoms with E-state index in [1.807, 2.05) is 30.3 Å². The standard InChI is InChI=1S/C17H21N3O4/c1-18-15(23)17(7-9-19(10-8-17)14(22)12-21)20(16(18)24)11-13-5-3-2-4-6-13/h2-6,21H,7-12H2,1H3. The second kappa shape index (κ2) is 6.24. The highest BCUT2D eigenvalue weighted by atomic mass is 16.3. The molecular weight excluding hydrogens is 310 g/mol. The molecular formula is C17H21N3O4. The van der Waals surface area contributed by atoms with E-state index in [9.17, 15) is 14.4 Å². The lowest BCUT2D eigenvalue weighted by Crippen LogP contribution is -2.57. The van der Waals surface area contributed by atoms with E-state index in [2.05, 4.69) is 0 Å². The number of hydrogen-bond donors (Lipinski definition) is 1. The number of amides is 4. The van der Waals surface area contributed by atoms with Crippen LogP contribution in [0.5, 0.6) is 0 Å². The van der Waals surface area contributed by atoms with Crippen LogP contribution in [0.15, 0.2) is 30.3 Å². The molecule has 2 heterocycles. The predicted octanol–water partition coefficient (Wildman–Crippen LogP) is 0.434. The minimum absolute atomic E-state index is 0.209. The number of rotatable bonds is 3. The number of urea groups is 1. The van der Waals surface area contributed by atoms with Crippen molar-refractivity contribution in [3.05, 3.63) is 35.9 Å². The SMILES string of the molecule is CN1C(=O)N(Cc2ccccc2)C2(CCN(C(=O)CO)CC2)C1=O. The van der Waals surface area contributed by atoms with Gasteiger partial charge in [-0.05, 0) is 18.4 Å². The van der Waals surface area contributed by atoms with Crippen LogP contribution in [0.25, 0.3) is 0 Å². The maximum atomic E-state index is 12.7. The maximum Gasteiger partial charge on any atom is 0.327 e. The molecule has 0 atom stereocenters. The van der Waals surface area contributed by atoms with Crippen molar-refractivity contribution in [1.82, 2.24) is 14.7 Å². The van der Waals surface area contributed by atoms with Crippen molar-refractivity contribution in [1.29, 1.82) is 0 Å². The van der Waals surface area contributed by atoms with Crippen LogP contribution in [-0.4, -0.2) is 69.9 Å². The van der Waals surface area contributed by atoms with Crippen LogP contribution >= 0.6 is 0 Å². The average molecular weight is 331 g/mol. The Labute approximate surface area is 140 Å². The molecule has 2 aliphatic rings. The molecule has 0 aromatic heterocycles. The molecule has 4 amide bonds. The topological polar surface area (TPSA) is 81.2 Å². The van der Waals surface area contributed by atoms with Gasteiger partial charge in [-0.1, -0.05) is 30.3 Å². The van der Waals surface area contributed by atoms with E-state index in [1.54, 1.807) is 9.80 Å². The van der Waals surface area contributed by atoms with Gasteiger partial charge in [0.25, 0.3) is 5.91 Å². The van der Waals surface area contributed by atoms with E-state index in [0.717, 1.165) is 5.56 Å². The number of carbonyl (C=O) groups excluding carboxylic acids is 3. The van der Waals surface area contributed by atoms with E-state index >= 15 is 0 Å². The maximum absolute atomic E-state index is 12.7. The van der Waals surface area contributed by atoms with Crippen LogP contribution in [0.4, 0.5) is 4.79 Å². The predicted molar refractivity (Wildman–Crippen MR) is 85.8 cm³/mol. The van der Waals surface area contributed by atoms with Gasteiger partial charge in [0.15, 0.2) is 0 Å². The largest absolute Gasteiger partial charge is 0.387 e. The fraction of sp³-hybridized carbons (Fsp3) is 0.471. The summed E-state index contributed by atoms with van der Waals surface area (Å²) in [5, 5.41) is 9.00. The highest BCUT2D eigenvalue weighted by Gasteiger charge is 2.56. The first-order valence-corrected chi connectivity index (χ1v) is 8.02. The molecule has 1 N–H and O–H groups in total. The van der Waals surface area contributed by atoms with Gasteiger partial charge in [0.1, 0.15) is 12.1 Å². The minimum atomic E-state index is -0.895. The third-order valence-corrected chi connectivity index (χ3v) is 5.00. The normalized spacial score (nSPS) is 20.2. The zero-order valence-electron chi connectivity index (χ0n) is 13.6. The van der Waals surface area contributed by atoms with Crippen LogP contribution in [0.2, 0.25) is 0 Å². The molecule has 0 bridgehead atoms. The lowest BCUT2D eigenvalue weighted by atomic mass is 9.85. The van der Waals surface area contributed by atoms with Crippen LogP contribution in [0.3, 0.4) is 0 Å². The van der Waals surface area contributed by atoms with Crippen molar-refractivity contribution >= 4 is 17.8 Å². The molecule has 128 valence electrons. The zero-order valence-corrected chi connectivity index (χ0v) is 13.6. The Morgan fingerprint density at radius 1 is 1.17 bits per heavy atom. The lowest BCUT2D eigenvalue weighted by molar-refractivity contribution is -0.142. The van der Waals surface area contributed by atoms with Crippen molar-refractivity contribution in [2.24, 2.45) is 0 Å². The first kappa shape index (κ1) is 16.4. The minimum Gasteiger partial charge on any atom is -0.387 e. The quantitative estimate of drug-likeness (QED) is 0.815. The molecule has 0 saturated carbocycles. The van der Waals surface area contributed by atoms with Crippen LogP contribution in [0, 0.1) is 0 Å². The first-order chi connectivity index (χ1) is 11.5. The second-order valence-corrected chi connectivity index (χ2v) is 6.29. The Morgan fingerprint density at radius 3 is 2.38 bits per heavy atom. The summed E-state index contributed by atoms with van der Waals surface area (Å²) in [5.74, 6) is -0.552. The van der Waals surface area contributed by atoms with Gasteiger partial charge in [0, 0.05) is 26.7 Å². The van der Waals surface area contributed by atoms with Gasteiger partial charge < -0.3 is 14.9 Å². The number of hydrogen-bond acceptors (Lipinski definition) is 4. The molecule has 7 heteroatoms. The van der Waals surface area contributed by atoms with E-state index in [0.29, 0.717) is 32.5 Å². The van der Waals surface area contributed by atoms with Crippen molar-refractivity contribution in [2.45, 2.75) is 24.9 Å². The number of carbonyl (C=O) groups is 3. The van der Waals surface area contributed by atoms with E-state index in [1.165, 1.54) is 11.9 Å². The molecule has 0 radical (unpaired) electrons. The number of aliphatic hydroxyl groups is 1. The fourth-order valence-corrected chi connectivity index (χ4v) is 3.57. The van der Waals surface area contributed by atoms with Crippen LogP contribution in [-0.2, 0) is 16.1 Å². The van der Waals surface area contributed by atoms with Crippen molar-refractivity contribution in [3.63, 3.8) is 0 Å². The first-order valence-electron chi connectivity index (χ1n) is 8.02. The zero-order chi connectivity index (χ0) is 17.3.